The predicted molar refractivity (Wildman–Crippen MR) is 99.8 cm³/mol. The van der Waals surface area contributed by atoms with E-state index in [1.54, 1.807) is 6.92 Å². The molecule has 8 heteroatoms. The van der Waals surface area contributed by atoms with Crippen LogP contribution in [0.4, 0.5) is 9.18 Å². The lowest BCUT2D eigenvalue weighted by Crippen LogP contribution is -2.29. The second kappa shape index (κ2) is 10.7. The van der Waals surface area contributed by atoms with Crippen molar-refractivity contribution in [3.05, 3.63) is 65.5 Å². The number of carbonyl (C=O) groups excluding carboxylic acids is 3. The van der Waals surface area contributed by atoms with Crippen molar-refractivity contribution in [1.29, 1.82) is 0 Å². The van der Waals surface area contributed by atoms with Gasteiger partial charge in [0.1, 0.15) is 11.6 Å². The third-order valence-electron chi connectivity index (χ3n) is 3.59. The number of rotatable bonds is 8. The van der Waals surface area contributed by atoms with E-state index in [1.807, 2.05) is 0 Å². The lowest BCUT2D eigenvalue weighted by Gasteiger charge is -2.08. The molecular weight excluding hydrogens is 367 g/mol. The molecule has 0 aliphatic rings. The summed E-state index contributed by atoms with van der Waals surface area (Å²) in [6.45, 7) is 2.56. The molecule has 0 radical (unpaired) electrons. The van der Waals surface area contributed by atoms with Crippen molar-refractivity contribution in [1.82, 2.24) is 10.6 Å². The molecule has 0 aromatic heterocycles. The van der Waals surface area contributed by atoms with Gasteiger partial charge in [0.15, 0.2) is 0 Å². The highest BCUT2D eigenvalue weighted by molar-refractivity contribution is 5.94. The molecule has 28 heavy (non-hydrogen) atoms. The first-order valence-electron chi connectivity index (χ1n) is 8.76. The van der Waals surface area contributed by atoms with Crippen LogP contribution in [0.5, 0.6) is 5.75 Å². The molecule has 0 unspecified atom stereocenters. The fourth-order valence-corrected chi connectivity index (χ4v) is 2.24. The molecule has 148 valence electrons. The molecule has 2 N–H and O–H groups in total. The highest BCUT2D eigenvalue weighted by Crippen LogP contribution is 2.13. The van der Waals surface area contributed by atoms with Crippen molar-refractivity contribution in [3.8, 4) is 5.75 Å². The first kappa shape index (κ1) is 20.9. The summed E-state index contributed by atoms with van der Waals surface area (Å²) in [6, 6.07) is 11.4. The van der Waals surface area contributed by atoms with Crippen LogP contribution in [0.2, 0.25) is 0 Å². The molecule has 0 bridgehead atoms. The van der Waals surface area contributed by atoms with Crippen molar-refractivity contribution in [2.75, 3.05) is 19.7 Å². The van der Waals surface area contributed by atoms with E-state index in [4.69, 9.17) is 4.74 Å². The van der Waals surface area contributed by atoms with E-state index >= 15 is 0 Å². The van der Waals surface area contributed by atoms with Crippen LogP contribution in [0.15, 0.2) is 48.5 Å². The SMILES string of the molecule is CCOC(=O)Oc1ccc(C(=O)NCCCNC(=O)c2cccc(F)c2)cc1. The van der Waals surface area contributed by atoms with Crippen molar-refractivity contribution in [2.24, 2.45) is 0 Å². The molecule has 2 amide bonds. The summed E-state index contributed by atoms with van der Waals surface area (Å²) < 4.78 is 22.7. The number of carbonyl (C=O) groups is 3. The molecule has 0 fully saturated rings. The number of benzene rings is 2. The Morgan fingerprint density at radius 1 is 0.929 bits per heavy atom. The van der Waals surface area contributed by atoms with E-state index in [2.05, 4.69) is 15.4 Å². The van der Waals surface area contributed by atoms with E-state index in [9.17, 15) is 18.8 Å². The first-order valence-corrected chi connectivity index (χ1v) is 8.76. The van der Waals surface area contributed by atoms with Gasteiger partial charge < -0.3 is 20.1 Å². The topological polar surface area (TPSA) is 93.7 Å². The normalized spacial score (nSPS) is 10.1. The zero-order chi connectivity index (χ0) is 20.4. The Kier molecular flexibility index (Phi) is 7.95. The van der Waals surface area contributed by atoms with Crippen LogP contribution in [0.3, 0.4) is 0 Å². The number of hydrogen-bond acceptors (Lipinski definition) is 5. The summed E-state index contributed by atoms with van der Waals surface area (Å²) in [4.78, 5) is 35.1. The molecule has 0 aliphatic carbocycles. The summed E-state index contributed by atoms with van der Waals surface area (Å²) in [5.41, 5.74) is 0.647. The molecule has 0 saturated carbocycles. The van der Waals surface area contributed by atoms with E-state index in [-0.39, 0.29) is 29.7 Å². The van der Waals surface area contributed by atoms with E-state index < -0.39 is 12.0 Å². The second-order valence-electron chi connectivity index (χ2n) is 5.69. The summed E-state index contributed by atoms with van der Waals surface area (Å²) >= 11 is 0. The molecule has 0 aliphatic heterocycles. The van der Waals surface area contributed by atoms with Crippen LogP contribution in [0.25, 0.3) is 0 Å². The van der Waals surface area contributed by atoms with Gasteiger partial charge in [-0.3, -0.25) is 9.59 Å². The van der Waals surface area contributed by atoms with Gasteiger partial charge in [0.05, 0.1) is 6.61 Å². The molecule has 7 nitrogen and oxygen atoms in total. The fraction of sp³-hybridized carbons (Fsp3) is 0.250. The Hall–Kier alpha value is -3.42. The number of nitrogens with one attached hydrogen (secondary N) is 2. The molecule has 2 aromatic rings. The summed E-state index contributed by atoms with van der Waals surface area (Å²) in [7, 11) is 0. The second-order valence-corrected chi connectivity index (χ2v) is 5.69. The summed E-state index contributed by atoms with van der Waals surface area (Å²) in [5.74, 6) is -0.865. The van der Waals surface area contributed by atoms with Crippen LogP contribution >= 0.6 is 0 Å². The largest absolute Gasteiger partial charge is 0.513 e. The minimum absolute atomic E-state index is 0.210. The number of ether oxygens (including phenoxy) is 2. The highest BCUT2D eigenvalue weighted by Gasteiger charge is 2.09. The smallest absolute Gasteiger partial charge is 0.434 e. The Balaban J connectivity index is 1.69. The van der Waals surface area contributed by atoms with Gasteiger partial charge in [-0.2, -0.15) is 0 Å². The minimum Gasteiger partial charge on any atom is -0.434 e. The number of amides is 2. The van der Waals surface area contributed by atoms with Crippen LogP contribution in [-0.4, -0.2) is 37.7 Å². The zero-order valence-electron chi connectivity index (χ0n) is 15.4. The number of halogens is 1. The van der Waals surface area contributed by atoms with Crippen LogP contribution in [-0.2, 0) is 4.74 Å². The minimum atomic E-state index is -0.806. The summed E-state index contributed by atoms with van der Waals surface area (Å²) in [5, 5.41) is 5.38. The maximum atomic E-state index is 13.1. The van der Waals surface area contributed by atoms with Gasteiger partial charge in [-0.05, 0) is 55.8 Å². The van der Waals surface area contributed by atoms with Gasteiger partial charge in [-0.1, -0.05) is 6.07 Å². The molecule has 0 atom stereocenters. The molecule has 0 spiro atoms. The van der Waals surface area contributed by atoms with E-state index in [0.29, 0.717) is 25.1 Å². The van der Waals surface area contributed by atoms with Gasteiger partial charge in [0.2, 0.25) is 0 Å². The average Bonchev–Trinajstić information content (AvgIpc) is 2.68. The van der Waals surface area contributed by atoms with Crippen molar-refractivity contribution in [3.63, 3.8) is 0 Å². The third kappa shape index (κ3) is 6.71. The van der Waals surface area contributed by atoms with Gasteiger partial charge in [0.25, 0.3) is 11.8 Å². The zero-order valence-corrected chi connectivity index (χ0v) is 15.4. The highest BCUT2D eigenvalue weighted by atomic mass is 19.1. The van der Waals surface area contributed by atoms with Gasteiger partial charge in [0, 0.05) is 24.2 Å². The quantitative estimate of drug-likeness (QED) is 0.412. The van der Waals surface area contributed by atoms with Gasteiger partial charge in [-0.15, -0.1) is 0 Å². The Morgan fingerprint density at radius 2 is 1.57 bits per heavy atom. The summed E-state index contributed by atoms with van der Waals surface area (Å²) in [6.07, 6.45) is -0.295. The Labute approximate surface area is 161 Å². The average molecular weight is 388 g/mol. The maximum absolute atomic E-state index is 13.1. The van der Waals surface area contributed by atoms with E-state index in [1.165, 1.54) is 42.5 Å². The Morgan fingerprint density at radius 3 is 2.18 bits per heavy atom. The molecule has 0 heterocycles. The first-order chi connectivity index (χ1) is 13.5. The van der Waals surface area contributed by atoms with Crippen LogP contribution < -0.4 is 15.4 Å². The molecule has 2 rings (SSSR count). The molecule has 2 aromatic carbocycles. The molecule has 0 saturated heterocycles. The standard InChI is InChI=1S/C20H21FN2O5/c1-2-27-20(26)28-17-9-7-14(8-10-17)18(24)22-11-4-12-23-19(25)15-5-3-6-16(21)13-15/h3,5-10,13H,2,4,11-12H2,1H3,(H,22,24)(H,23,25). The third-order valence-corrected chi connectivity index (χ3v) is 3.59. The predicted octanol–water partition coefficient (Wildman–Crippen LogP) is 2.91. The lowest BCUT2D eigenvalue weighted by molar-refractivity contribution is 0.0950. The Bertz CT molecular complexity index is 824. The fourth-order valence-electron chi connectivity index (χ4n) is 2.24. The monoisotopic (exact) mass is 388 g/mol. The molecular formula is C20H21FN2O5. The van der Waals surface area contributed by atoms with Gasteiger partial charge in [-0.25, -0.2) is 9.18 Å². The number of hydrogen-bond donors (Lipinski definition) is 2. The van der Waals surface area contributed by atoms with Gasteiger partial charge >= 0.3 is 6.16 Å². The van der Waals surface area contributed by atoms with Crippen molar-refractivity contribution >= 4 is 18.0 Å². The van der Waals surface area contributed by atoms with Crippen LogP contribution in [0, 0.1) is 5.82 Å². The van der Waals surface area contributed by atoms with Crippen molar-refractivity contribution < 1.29 is 28.2 Å². The lowest BCUT2D eigenvalue weighted by atomic mass is 10.2. The van der Waals surface area contributed by atoms with E-state index in [0.717, 1.165) is 6.07 Å². The maximum Gasteiger partial charge on any atom is 0.513 e. The van der Waals surface area contributed by atoms with Crippen LogP contribution in [0.1, 0.15) is 34.1 Å². The van der Waals surface area contributed by atoms with Crippen molar-refractivity contribution in [2.45, 2.75) is 13.3 Å².